The summed E-state index contributed by atoms with van der Waals surface area (Å²) in [7, 11) is 0. The Morgan fingerprint density at radius 3 is 2.73 bits per heavy atom. The summed E-state index contributed by atoms with van der Waals surface area (Å²) in [5, 5.41) is 19.5. The van der Waals surface area contributed by atoms with Crippen molar-refractivity contribution in [1.29, 1.82) is 0 Å². The van der Waals surface area contributed by atoms with Crippen LogP contribution in [0, 0.1) is 11.8 Å². The molecular weight excluding hydrogens is 280 g/mol. The number of carbonyl (C=O) groups excluding carboxylic acids is 1. The smallest absolute Gasteiger partial charge is 0.315 e. The highest BCUT2D eigenvalue weighted by atomic mass is 16.5. The second-order valence-corrected chi connectivity index (χ2v) is 5.89. The molecule has 2 heterocycles. The minimum atomic E-state index is -0.349. The van der Waals surface area contributed by atoms with Gasteiger partial charge < -0.3 is 14.9 Å². The van der Waals surface area contributed by atoms with Crippen LogP contribution in [-0.2, 0) is 17.6 Å². The summed E-state index contributed by atoms with van der Waals surface area (Å²) in [4.78, 5) is 12.5. The highest BCUT2D eigenvalue weighted by molar-refractivity contribution is 5.77. The van der Waals surface area contributed by atoms with Crippen molar-refractivity contribution in [2.45, 2.75) is 19.8 Å². The number of fused-ring (bicyclic) bond motifs is 6. The summed E-state index contributed by atoms with van der Waals surface area (Å²) >= 11 is 0. The third kappa shape index (κ3) is 2.91. The topological polar surface area (TPSA) is 66.8 Å². The monoisotopic (exact) mass is 298 g/mol. The van der Waals surface area contributed by atoms with E-state index < -0.39 is 0 Å². The van der Waals surface area contributed by atoms with Gasteiger partial charge in [-0.05, 0) is 54.2 Å². The molecule has 0 spiro atoms. The van der Waals surface area contributed by atoms with Gasteiger partial charge in [0.25, 0.3) is 0 Å². The van der Waals surface area contributed by atoms with Crippen molar-refractivity contribution in [3.05, 3.63) is 53.6 Å². The van der Waals surface area contributed by atoms with Crippen LogP contribution >= 0.6 is 0 Å². The SMILES string of the molecule is C[C@@H]1Cc2ccc(c(O)c2)OC(=O)[C@@H]1Cc1cccc(O)c1. The van der Waals surface area contributed by atoms with E-state index in [9.17, 15) is 15.0 Å². The van der Waals surface area contributed by atoms with Gasteiger partial charge in [-0.1, -0.05) is 25.1 Å². The van der Waals surface area contributed by atoms with E-state index in [1.807, 2.05) is 19.1 Å². The minimum absolute atomic E-state index is 0.00365. The van der Waals surface area contributed by atoms with Crippen LogP contribution in [0.4, 0.5) is 0 Å². The predicted molar refractivity (Wildman–Crippen MR) is 81.9 cm³/mol. The molecule has 2 aliphatic heterocycles. The molecule has 4 heteroatoms. The van der Waals surface area contributed by atoms with Crippen molar-refractivity contribution in [2.75, 3.05) is 0 Å². The Kier molecular flexibility index (Phi) is 3.75. The zero-order chi connectivity index (χ0) is 15.7. The molecular formula is C18H18O4. The lowest BCUT2D eigenvalue weighted by atomic mass is 9.84. The van der Waals surface area contributed by atoms with E-state index in [-0.39, 0.29) is 35.1 Å². The number of aromatic hydroxyl groups is 2. The van der Waals surface area contributed by atoms with Gasteiger partial charge in [0.05, 0.1) is 5.92 Å². The van der Waals surface area contributed by atoms with Gasteiger partial charge in [0, 0.05) is 0 Å². The van der Waals surface area contributed by atoms with E-state index in [0.29, 0.717) is 12.8 Å². The molecule has 2 aliphatic rings. The Labute approximate surface area is 129 Å². The molecule has 2 aromatic rings. The molecule has 4 nitrogen and oxygen atoms in total. The Hall–Kier alpha value is -2.49. The predicted octanol–water partition coefficient (Wildman–Crippen LogP) is 3.05. The zero-order valence-electron chi connectivity index (χ0n) is 12.3. The first kappa shape index (κ1) is 14.4. The average molecular weight is 298 g/mol. The normalized spacial score (nSPS) is 20.9. The van der Waals surface area contributed by atoms with Crippen molar-refractivity contribution >= 4 is 5.97 Å². The van der Waals surface area contributed by atoms with Gasteiger partial charge in [-0.15, -0.1) is 0 Å². The fourth-order valence-corrected chi connectivity index (χ4v) is 2.93. The lowest BCUT2D eigenvalue weighted by molar-refractivity contribution is -0.140. The molecule has 0 amide bonds. The van der Waals surface area contributed by atoms with Crippen LogP contribution < -0.4 is 4.74 Å². The lowest BCUT2D eigenvalue weighted by Crippen LogP contribution is -2.29. The number of hydrogen-bond acceptors (Lipinski definition) is 4. The summed E-state index contributed by atoms with van der Waals surface area (Å²) in [6.07, 6.45) is 1.18. The van der Waals surface area contributed by atoms with Crippen LogP contribution in [-0.4, -0.2) is 16.2 Å². The molecule has 2 aromatic carbocycles. The Bertz CT molecular complexity index is 708. The van der Waals surface area contributed by atoms with Gasteiger partial charge >= 0.3 is 5.97 Å². The molecule has 0 unspecified atom stereocenters. The molecule has 2 N–H and O–H groups in total. The second-order valence-electron chi connectivity index (χ2n) is 5.89. The first-order valence-electron chi connectivity index (χ1n) is 7.34. The van der Waals surface area contributed by atoms with Gasteiger partial charge in [-0.3, -0.25) is 4.79 Å². The second kappa shape index (κ2) is 5.72. The summed E-state index contributed by atoms with van der Waals surface area (Å²) in [5.41, 5.74) is 1.87. The van der Waals surface area contributed by atoms with Crippen LogP contribution in [0.15, 0.2) is 42.5 Å². The molecule has 114 valence electrons. The lowest BCUT2D eigenvalue weighted by Gasteiger charge is -2.21. The summed E-state index contributed by atoms with van der Waals surface area (Å²) in [6, 6.07) is 12.1. The summed E-state index contributed by atoms with van der Waals surface area (Å²) in [5.74, 6) is -0.230. The van der Waals surface area contributed by atoms with Crippen LogP contribution in [0.3, 0.4) is 0 Å². The number of phenolic OH excluding ortho intramolecular Hbond substituents is 2. The molecule has 2 atom stereocenters. The average Bonchev–Trinajstić information content (AvgIpc) is 2.54. The van der Waals surface area contributed by atoms with E-state index in [2.05, 4.69) is 0 Å². The third-order valence-corrected chi connectivity index (χ3v) is 4.15. The van der Waals surface area contributed by atoms with Crippen LogP contribution in [0.2, 0.25) is 0 Å². The summed E-state index contributed by atoms with van der Waals surface area (Å²) in [6.45, 7) is 2.00. The van der Waals surface area contributed by atoms with Crippen molar-refractivity contribution in [1.82, 2.24) is 0 Å². The van der Waals surface area contributed by atoms with Crippen molar-refractivity contribution < 1.29 is 19.7 Å². The van der Waals surface area contributed by atoms with E-state index in [4.69, 9.17) is 4.74 Å². The fourth-order valence-electron chi connectivity index (χ4n) is 2.93. The molecule has 22 heavy (non-hydrogen) atoms. The van der Waals surface area contributed by atoms with E-state index >= 15 is 0 Å². The van der Waals surface area contributed by atoms with E-state index in [1.54, 1.807) is 30.3 Å². The quantitative estimate of drug-likeness (QED) is 0.660. The fraction of sp³-hybridized carbons (Fsp3) is 0.278. The van der Waals surface area contributed by atoms with E-state index in [1.165, 1.54) is 0 Å². The van der Waals surface area contributed by atoms with Crippen molar-refractivity contribution in [3.8, 4) is 17.2 Å². The Morgan fingerprint density at radius 1 is 1.18 bits per heavy atom. The van der Waals surface area contributed by atoms with Gasteiger partial charge in [0.15, 0.2) is 11.5 Å². The molecule has 4 rings (SSSR count). The molecule has 0 fully saturated rings. The van der Waals surface area contributed by atoms with Crippen LogP contribution in [0.25, 0.3) is 0 Å². The molecule has 0 aromatic heterocycles. The number of hydrogen-bond donors (Lipinski definition) is 2. The van der Waals surface area contributed by atoms with Crippen molar-refractivity contribution in [2.24, 2.45) is 11.8 Å². The maximum Gasteiger partial charge on any atom is 0.315 e. The number of ether oxygens (including phenoxy) is 1. The maximum absolute atomic E-state index is 12.5. The van der Waals surface area contributed by atoms with Crippen LogP contribution in [0.1, 0.15) is 18.1 Å². The first-order chi connectivity index (χ1) is 10.5. The van der Waals surface area contributed by atoms with Crippen LogP contribution in [0.5, 0.6) is 17.2 Å². The summed E-state index contributed by atoms with van der Waals surface area (Å²) < 4.78 is 5.35. The highest BCUT2D eigenvalue weighted by Gasteiger charge is 2.30. The first-order valence-corrected chi connectivity index (χ1v) is 7.34. The minimum Gasteiger partial charge on any atom is -0.508 e. The number of rotatable bonds is 2. The zero-order valence-corrected chi connectivity index (χ0v) is 12.3. The third-order valence-electron chi connectivity index (χ3n) is 4.15. The van der Waals surface area contributed by atoms with Crippen molar-refractivity contribution in [3.63, 3.8) is 0 Å². The number of carbonyl (C=O) groups is 1. The number of benzene rings is 2. The van der Waals surface area contributed by atoms with Gasteiger partial charge in [-0.25, -0.2) is 0 Å². The Morgan fingerprint density at radius 2 is 2.00 bits per heavy atom. The number of phenols is 2. The highest BCUT2D eigenvalue weighted by Crippen LogP contribution is 2.33. The standard InChI is InChI=1S/C18H18O4/c1-11-7-13-5-6-17(16(20)10-13)22-18(21)15(11)9-12-3-2-4-14(19)8-12/h2-6,8,10-11,15,19-20H,7,9H2,1H3/t11-,15-/m1/s1. The molecule has 0 aliphatic carbocycles. The maximum atomic E-state index is 12.5. The molecule has 0 saturated heterocycles. The van der Waals surface area contributed by atoms with Gasteiger partial charge in [0.1, 0.15) is 5.75 Å². The van der Waals surface area contributed by atoms with E-state index in [0.717, 1.165) is 11.1 Å². The molecule has 2 bridgehead atoms. The largest absolute Gasteiger partial charge is 0.508 e. The van der Waals surface area contributed by atoms with Gasteiger partial charge in [-0.2, -0.15) is 0 Å². The Balaban J connectivity index is 1.89. The number of esters is 1. The molecule has 0 radical (unpaired) electrons. The van der Waals surface area contributed by atoms with Gasteiger partial charge in [0.2, 0.25) is 0 Å². The molecule has 0 saturated carbocycles.